The van der Waals surface area contributed by atoms with Crippen molar-refractivity contribution in [1.82, 2.24) is 10.2 Å². The van der Waals surface area contributed by atoms with E-state index in [1.165, 1.54) is 0 Å². The quantitative estimate of drug-likeness (QED) is 0.349. The molecular formula is C31H45N3O5S. The summed E-state index contributed by atoms with van der Waals surface area (Å²) in [5.41, 5.74) is 1.72. The standard InChI is InChI=1S/C31H45N3O5S/c1-20-17-21(2)19-22(18-20)26(27(35)32-23-11-13-24(38-9)14-12-23)34(30(3,4)5)28(36)25(15-16-40-10)33-29(37)39-31(6,7)8/h11-14,17-19,25-26H,15-16H2,1-10H3,(H,32,35)(H,33,37). The van der Waals surface area contributed by atoms with Crippen LogP contribution in [0.2, 0.25) is 0 Å². The van der Waals surface area contributed by atoms with Gasteiger partial charge in [-0.15, -0.1) is 0 Å². The third-order valence-electron chi connectivity index (χ3n) is 5.98. The Kier molecular flexibility index (Phi) is 11.5. The smallest absolute Gasteiger partial charge is 0.408 e. The average Bonchev–Trinajstić information content (AvgIpc) is 2.82. The summed E-state index contributed by atoms with van der Waals surface area (Å²) in [6.07, 6.45) is 1.65. The molecule has 0 saturated carbocycles. The number of anilines is 1. The number of methoxy groups -OCH3 is 1. The highest BCUT2D eigenvalue weighted by atomic mass is 32.2. The van der Waals surface area contributed by atoms with Crippen molar-refractivity contribution in [2.45, 2.75) is 85.0 Å². The monoisotopic (exact) mass is 571 g/mol. The molecule has 40 heavy (non-hydrogen) atoms. The van der Waals surface area contributed by atoms with Gasteiger partial charge in [0.2, 0.25) is 5.91 Å². The number of nitrogens with zero attached hydrogens (tertiary/aromatic N) is 1. The van der Waals surface area contributed by atoms with Crippen LogP contribution in [0.3, 0.4) is 0 Å². The van der Waals surface area contributed by atoms with E-state index in [0.717, 1.165) is 11.1 Å². The highest BCUT2D eigenvalue weighted by Crippen LogP contribution is 2.32. The van der Waals surface area contributed by atoms with Crippen molar-refractivity contribution in [3.8, 4) is 5.75 Å². The lowest BCUT2D eigenvalue weighted by Crippen LogP contribution is -2.58. The van der Waals surface area contributed by atoms with Crippen LogP contribution in [0.25, 0.3) is 0 Å². The van der Waals surface area contributed by atoms with Crippen LogP contribution >= 0.6 is 11.8 Å². The Bertz CT molecular complexity index is 1150. The summed E-state index contributed by atoms with van der Waals surface area (Å²) in [6, 6.07) is 11.1. The molecular weight excluding hydrogens is 526 g/mol. The van der Waals surface area contributed by atoms with Crippen LogP contribution in [0.1, 0.15) is 70.7 Å². The topological polar surface area (TPSA) is 97.0 Å². The molecule has 2 aromatic rings. The number of carbonyl (C=O) groups is 3. The van der Waals surface area contributed by atoms with Gasteiger partial charge in [0, 0.05) is 11.2 Å². The van der Waals surface area contributed by atoms with Crippen molar-refractivity contribution < 1.29 is 23.9 Å². The molecule has 0 aromatic heterocycles. The molecule has 0 aliphatic rings. The molecule has 2 unspecified atom stereocenters. The Labute approximate surface area is 243 Å². The second kappa shape index (κ2) is 13.9. The van der Waals surface area contributed by atoms with Gasteiger partial charge in [0.15, 0.2) is 0 Å². The van der Waals surface area contributed by atoms with Crippen molar-refractivity contribution in [2.75, 3.05) is 24.4 Å². The van der Waals surface area contributed by atoms with E-state index in [1.54, 1.807) is 68.8 Å². The molecule has 9 heteroatoms. The van der Waals surface area contributed by atoms with E-state index in [2.05, 4.69) is 10.6 Å². The fourth-order valence-electron chi connectivity index (χ4n) is 4.43. The molecule has 0 fully saturated rings. The summed E-state index contributed by atoms with van der Waals surface area (Å²) < 4.78 is 10.7. The van der Waals surface area contributed by atoms with Crippen molar-refractivity contribution in [1.29, 1.82) is 0 Å². The van der Waals surface area contributed by atoms with Gasteiger partial charge < -0.3 is 25.0 Å². The van der Waals surface area contributed by atoms with Crippen LogP contribution in [-0.2, 0) is 14.3 Å². The van der Waals surface area contributed by atoms with Gasteiger partial charge in [0.1, 0.15) is 23.4 Å². The van der Waals surface area contributed by atoms with Crippen LogP contribution in [0.15, 0.2) is 42.5 Å². The zero-order valence-corrected chi connectivity index (χ0v) is 26.3. The number of ether oxygens (including phenoxy) is 2. The fraction of sp³-hybridized carbons (Fsp3) is 0.516. The number of amides is 3. The molecule has 0 saturated heterocycles. The molecule has 2 N–H and O–H groups in total. The van der Waals surface area contributed by atoms with Crippen molar-refractivity contribution >= 4 is 35.4 Å². The van der Waals surface area contributed by atoms with Crippen molar-refractivity contribution in [2.24, 2.45) is 0 Å². The van der Waals surface area contributed by atoms with Gasteiger partial charge in [0.05, 0.1) is 7.11 Å². The molecule has 3 amide bonds. The summed E-state index contributed by atoms with van der Waals surface area (Å²) in [4.78, 5) is 42.8. The zero-order valence-electron chi connectivity index (χ0n) is 25.5. The van der Waals surface area contributed by atoms with Crippen LogP contribution < -0.4 is 15.4 Å². The lowest BCUT2D eigenvalue weighted by molar-refractivity contribution is -0.146. The molecule has 2 rings (SSSR count). The number of nitrogens with one attached hydrogen (secondary N) is 2. The van der Waals surface area contributed by atoms with E-state index in [1.807, 2.05) is 59.1 Å². The maximum atomic E-state index is 14.4. The van der Waals surface area contributed by atoms with E-state index in [9.17, 15) is 14.4 Å². The lowest BCUT2D eigenvalue weighted by atomic mass is 9.93. The molecule has 0 aliphatic heterocycles. The number of alkyl carbamates (subject to hydrolysis) is 1. The van der Waals surface area contributed by atoms with E-state index >= 15 is 0 Å². The van der Waals surface area contributed by atoms with E-state index in [-0.39, 0.29) is 11.8 Å². The van der Waals surface area contributed by atoms with Gasteiger partial charge >= 0.3 is 6.09 Å². The minimum absolute atomic E-state index is 0.360. The maximum absolute atomic E-state index is 14.4. The maximum Gasteiger partial charge on any atom is 0.408 e. The summed E-state index contributed by atoms with van der Waals surface area (Å²) in [7, 11) is 1.58. The van der Waals surface area contributed by atoms with Crippen LogP contribution in [-0.4, -0.2) is 59.1 Å². The van der Waals surface area contributed by atoms with E-state index < -0.39 is 29.3 Å². The number of hydrogen-bond donors (Lipinski definition) is 2. The predicted octanol–water partition coefficient (Wildman–Crippen LogP) is 6.27. The molecule has 220 valence electrons. The number of thioether (sulfide) groups is 1. The van der Waals surface area contributed by atoms with Crippen LogP contribution in [0.4, 0.5) is 10.5 Å². The van der Waals surface area contributed by atoms with E-state index in [4.69, 9.17) is 9.47 Å². The molecule has 2 atom stereocenters. The van der Waals surface area contributed by atoms with E-state index in [0.29, 0.717) is 29.2 Å². The highest BCUT2D eigenvalue weighted by molar-refractivity contribution is 7.98. The summed E-state index contributed by atoms with van der Waals surface area (Å²) in [6.45, 7) is 14.9. The largest absolute Gasteiger partial charge is 0.497 e. The van der Waals surface area contributed by atoms with Gasteiger partial charge in [-0.1, -0.05) is 29.3 Å². The Hall–Kier alpha value is -3.20. The van der Waals surface area contributed by atoms with Crippen molar-refractivity contribution in [3.05, 3.63) is 59.2 Å². The molecule has 0 heterocycles. The van der Waals surface area contributed by atoms with Gasteiger partial charge in [-0.05, 0) is 104 Å². The fourth-order valence-corrected chi connectivity index (χ4v) is 4.90. The number of carbonyl (C=O) groups excluding carboxylic acids is 3. The first-order valence-corrected chi connectivity index (χ1v) is 14.8. The van der Waals surface area contributed by atoms with Gasteiger partial charge in [-0.25, -0.2) is 4.79 Å². The average molecular weight is 572 g/mol. The number of aryl methyl sites for hydroxylation is 2. The van der Waals surface area contributed by atoms with Crippen LogP contribution in [0, 0.1) is 13.8 Å². The van der Waals surface area contributed by atoms with Crippen LogP contribution in [0.5, 0.6) is 5.75 Å². The SMILES string of the molecule is COc1ccc(NC(=O)C(c2cc(C)cc(C)c2)N(C(=O)C(CCSC)NC(=O)OC(C)(C)C)C(C)(C)C)cc1. The molecule has 0 bridgehead atoms. The first-order valence-electron chi connectivity index (χ1n) is 13.4. The minimum Gasteiger partial charge on any atom is -0.497 e. The molecule has 8 nitrogen and oxygen atoms in total. The van der Waals surface area contributed by atoms with Crippen molar-refractivity contribution in [3.63, 3.8) is 0 Å². The first kappa shape index (κ1) is 33.0. The Balaban J connectivity index is 2.60. The number of rotatable bonds is 10. The molecule has 0 radical (unpaired) electrons. The normalized spacial score (nSPS) is 13.2. The molecule has 0 spiro atoms. The number of benzene rings is 2. The van der Waals surface area contributed by atoms with Gasteiger partial charge in [-0.3, -0.25) is 9.59 Å². The zero-order chi connectivity index (χ0) is 30.3. The first-order chi connectivity index (χ1) is 18.6. The lowest BCUT2D eigenvalue weighted by Gasteiger charge is -2.43. The third kappa shape index (κ3) is 9.77. The second-order valence-corrected chi connectivity index (χ2v) is 12.9. The second-order valence-electron chi connectivity index (χ2n) is 11.9. The number of hydrogen-bond acceptors (Lipinski definition) is 6. The summed E-state index contributed by atoms with van der Waals surface area (Å²) >= 11 is 1.57. The Morgan fingerprint density at radius 1 is 0.950 bits per heavy atom. The minimum atomic E-state index is -0.967. The highest BCUT2D eigenvalue weighted by Gasteiger charge is 2.42. The predicted molar refractivity (Wildman–Crippen MR) is 163 cm³/mol. The Morgan fingerprint density at radius 3 is 2.00 bits per heavy atom. The summed E-state index contributed by atoms with van der Waals surface area (Å²) in [5, 5.41) is 5.77. The third-order valence-corrected chi connectivity index (χ3v) is 6.63. The summed E-state index contributed by atoms with van der Waals surface area (Å²) in [5.74, 6) is 0.581. The molecule has 2 aromatic carbocycles. The van der Waals surface area contributed by atoms with Gasteiger partial charge in [-0.2, -0.15) is 11.8 Å². The van der Waals surface area contributed by atoms with Gasteiger partial charge in [0.25, 0.3) is 5.91 Å². The Morgan fingerprint density at radius 2 is 1.52 bits per heavy atom. The molecule has 0 aliphatic carbocycles.